The lowest BCUT2D eigenvalue weighted by molar-refractivity contribution is -0.145. The first kappa shape index (κ1) is 15.2. The van der Waals surface area contributed by atoms with Crippen LogP contribution in [0, 0.1) is 18.8 Å². The third kappa shape index (κ3) is 3.65. The van der Waals surface area contributed by atoms with Crippen LogP contribution in [-0.4, -0.2) is 21.3 Å². The summed E-state index contributed by atoms with van der Waals surface area (Å²) in [5.74, 6) is -0.700. The lowest BCUT2D eigenvalue weighted by Crippen LogP contribution is -2.14. The van der Waals surface area contributed by atoms with Crippen LogP contribution < -0.4 is 0 Å². The standard InChI is InChI=1S/C14H18O5S/c1-3-18-14(15)12-8-11(12)13(19-20(16)17)10-6-4-9(2)5-7-10/h4-7,11-13H,3,8H2,1-2H3,(H,16,17)/p-1. The van der Waals surface area contributed by atoms with E-state index in [2.05, 4.69) is 0 Å². The summed E-state index contributed by atoms with van der Waals surface area (Å²) in [7, 11) is 0. The Balaban J connectivity index is 2.11. The first-order valence-electron chi connectivity index (χ1n) is 6.52. The zero-order chi connectivity index (χ0) is 14.7. The Kier molecular flexibility index (Phi) is 4.91. The molecule has 4 atom stereocenters. The smallest absolute Gasteiger partial charge is 0.309 e. The maximum atomic E-state index is 11.7. The van der Waals surface area contributed by atoms with Gasteiger partial charge in [-0.1, -0.05) is 29.8 Å². The molecule has 0 bridgehead atoms. The molecule has 110 valence electrons. The van der Waals surface area contributed by atoms with Crippen LogP contribution in [0.3, 0.4) is 0 Å². The van der Waals surface area contributed by atoms with Crippen LogP contribution in [0.2, 0.25) is 0 Å². The summed E-state index contributed by atoms with van der Waals surface area (Å²) in [4.78, 5) is 11.7. The van der Waals surface area contributed by atoms with E-state index in [1.54, 1.807) is 6.92 Å². The molecule has 0 radical (unpaired) electrons. The van der Waals surface area contributed by atoms with Crippen molar-refractivity contribution in [3.05, 3.63) is 35.4 Å². The molecule has 2 rings (SSSR count). The maximum Gasteiger partial charge on any atom is 0.309 e. The van der Waals surface area contributed by atoms with E-state index >= 15 is 0 Å². The molecule has 1 aromatic rings. The van der Waals surface area contributed by atoms with Gasteiger partial charge in [0.2, 0.25) is 0 Å². The molecular formula is C14H17O5S-. The molecule has 0 amide bonds. The van der Waals surface area contributed by atoms with Gasteiger partial charge in [-0.25, -0.2) is 4.21 Å². The average molecular weight is 297 g/mol. The Hall–Kier alpha value is -1.24. The van der Waals surface area contributed by atoms with E-state index in [0.29, 0.717) is 13.0 Å². The quantitative estimate of drug-likeness (QED) is 0.593. The fraction of sp³-hybridized carbons (Fsp3) is 0.500. The maximum absolute atomic E-state index is 11.7. The highest BCUT2D eigenvalue weighted by molar-refractivity contribution is 7.74. The molecule has 0 aliphatic heterocycles. The minimum absolute atomic E-state index is 0.144. The van der Waals surface area contributed by atoms with Crippen molar-refractivity contribution < 1.29 is 22.5 Å². The number of hydrogen-bond donors (Lipinski definition) is 0. The van der Waals surface area contributed by atoms with Crippen molar-refractivity contribution in [2.24, 2.45) is 11.8 Å². The van der Waals surface area contributed by atoms with Gasteiger partial charge in [-0.2, -0.15) is 0 Å². The Morgan fingerprint density at radius 1 is 1.45 bits per heavy atom. The summed E-state index contributed by atoms with van der Waals surface area (Å²) < 4.78 is 31.6. The fourth-order valence-electron chi connectivity index (χ4n) is 2.28. The van der Waals surface area contributed by atoms with Crippen LogP contribution in [0.1, 0.15) is 30.6 Å². The van der Waals surface area contributed by atoms with Gasteiger partial charge in [0.25, 0.3) is 0 Å². The molecular weight excluding hydrogens is 280 g/mol. The lowest BCUT2D eigenvalue weighted by Gasteiger charge is -2.19. The van der Waals surface area contributed by atoms with Gasteiger partial charge in [0.05, 0.1) is 23.9 Å². The predicted molar refractivity (Wildman–Crippen MR) is 72.2 cm³/mol. The summed E-state index contributed by atoms with van der Waals surface area (Å²) in [5.41, 5.74) is 1.84. The average Bonchev–Trinajstić information content (AvgIpc) is 3.17. The van der Waals surface area contributed by atoms with Crippen molar-refractivity contribution in [2.45, 2.75) is 26.4 Å². The molecule has 4 unspecified atom stereocenters. The number of rotatable bonds is 6. The minimum atomic E-state index is -2.62. The van der Waals surface area contributed by atoms with Crippen molar-refractivity contribution >= 4 is 17.3 Å². The zero-order valence-electron chi connectivity index (χ0n) is 11.4. The van der Waals surface area contributed by atoms with Crippen LogP contribution in [0.25, 0.3) is 0 Å². The fourth-order valence-corrected chi connectivity index (χ4v) is 2.71. The molecule has 1 aliphatic rings. The number of carbonyl (C=O) groups is 1. The molecule has 0 aromatic heterocycles. The van der Waals surface area contributed by atoms with Gasteiger partial charge in [-0.05, 0) is 25.8 Å². The molecule has 0 saturated heterocycles. The molecule has 1 aromatic carbocycles. The summed E-state index contributed by atoms with van der Waals surface area (Å²) in [6.07, 6.45) is -0.0301. The van der Waals surface area contributed by atoms with Gasteiger partial charge in [0, 0.05) is 5.92 Å². The molecule has 1 fully saturated rings. The Morgan fingerprint density at radius 3 is 2.65 bits per heavy atom. The van der Waals surface area contributed by atoms with E-state index in [-0.39, 0.29) is 17.8 Å². The van der Waals surface area contributed by atoms with E-state index in [1.165, 1.54) is 0 Å². The number of benzene rings is 1. The molecule has 5 nitrogen and oxygen atoms in total. The minimum Gasteiger partial charge on any atom is -0.750 e. The van der Waals surface area contributed by atoms with Crippen LogP contribution in [-0.2, 0) is 25.1 Å². The second-order valence-electron chi connectivity index (χ2n) is 4.89. The molecule has 1 aliphatic carbocycles. The van der Waals surface area contributed by atoms with Crippen molar-refractivity contribution in [3.8, 4) is 0 Å². The van der Waals surface area contributed by atoms with Gasteiger partial charge in [0.15, 0.2) is 0 Å². The van der Waals surface area contributed by atoms with E-state index < -0.39 is 17.5 Å². The molecule has 20 heavy (non-hydrogen) atoms. The van der Waals surface area contributed by atoms with Crippen LogP contribution in [0.15, 0.2) is 24.3 Å². The van der Waals surface area contributed by atoms with E-state index in [1.807, 2.05) is 31.2 Å². The number of aryl methyl sites for hydroxylation is 1. The number of esters is 1. The SMILES string of the molecule is CCOC(=O)C1CC1C(OS(=O)[O-])c1ccc(C)cc1. The Labute approximate surface area is 120 Å². The molecule has 6 heteroatoms. The predicted octanol–water partition coefficient (Wildman–Crippen LogP) is 2.05. The topological polar surface area (TPSA) is 75.7 Å². The Morgan fingerprint density at radius 2 is 2.10 bits per heavy atom. The normalized spacial score (nSPS) is 23.9. The van der Waals surface area contributed by atoms with Crippen LogP contribution in [0.5, 0.6) is 0 Å². The first-order valence-corrected chi connectivity index (χ1v) is 7.52. The lowest BCUT2D eigenvalue weighted by atomic mass is 10.0. The number of carbonyl (C=O) groups excluding carboxylic acids is 1. The van der Waals surface area contributed by atoms with Crippen molar-refractivity contribution in [2.75, 3.05) is 6.61 Å². The summed E-state index contributed by atoms with van der Waals surface area (Å²) in [6.45, 7) is 4.02. The third-order valence-electron chi connectivity index (χ3n) is 3.41. The highest BCUT2D eigenvalue weighted by Gasteiger charge is 2.50. The van der Waals surface area contributed by atoms with Gasteiger partial charge in [-0.15, -0.1) is 0 Å². The monoisotopic (exact) mass is 297 g/mol. The van der Waals surface area contributed by atoms with E-state index in [0.717, 1.165) is 11.1 Å². The van der Waals surface area contributed by atoms with Crippen molar-refractivity contribution in [3.63, 3.8) is 0 Å². The second kappa shape index (κ2) is 6.47. The molecule has 0 heterocycles. The largest absolute Gasteiger partial charge is 0.750 e. The van der Waals surface area contributed by atoms with Gasteiger partial charge >= 0.3 is 5.97 Å². The molecule has 0 N–H and O–H groups in total. The Bertz CT molecular complexity index is 499. The van der Waals surface area contributed by atoms with Gasteiger partial charge < -0.3 is 9.29 Å². The number of ether oxygens (including phenoxy) is 1. The summed E-state index contributed by atoms with van der Waals surface area (Å²) in [5, 5.41) is 0. The first-order chi connectivity index (χ1) is 9.52. The molecule has 1 saturated carbocycles. The highest BCUT2D eigenvalue weighted by atomic mass is 32.2. The van der Waals surface area contributed by atoms with Crippen molar-refractivity contribution in [1.29, 1.82) is 0 Å². The van der Waals surface area contributed by atoms with Gasteiger partial charge in [-0.3, -0.25) is 8.98 Å². The van der Waals surface area contributed by atoms with Gasteiger partial charge in [0.1, 0.15) is 6.10 Å². The highest BCUT2D eigenvalue weighted by Crippen LogP contribution is 2.50. The summed E-state index contributed by atoms with van der Waals surface area (Å²) in [6, 6.07) is 7.43. The third-order valence-corrected chi connectivity index (χ3v) is 3.77. The summed E-state index contributed by atoms with van der Waals surface area (Å²) >= 11 is -2.62. The zero-order valence-corrected chi connectivity index (χ0v) is 12.2. The molecule has 0 spiro atoms. The van der Waals surface area contributed by atoms with E-state index in [4.69, 9.17) is 8.92 Å². The number of hydrogen-bond acceptors (Lipinski definition) is 5. The van der Waals surface area contributed by atoms with Crippen molar-refractivity contribution in [1.82, 2.24) is 0 Å². The van der Waals surface area contributed by atoms with E-state index in [9.17, 15) is 13.6 Å². The van der Waals surface area contributed by atoms with Crippen LogP contribution >= 0.6 is 0 Å². The van der Waals surface area contributed by atoms with Crippen LogP contribution in [0.4, 0.5) is 0 Å². The second-order valence-corrected chi connectivity index (χ2v) is 5.49.